The first-order valence-electron chi connectivity index (χ1n) is 4.35. The molecule has 0 saturated heterocycles. The van der Waals surface area contributed by atoms with Crippen LogP contribution in [0.3, 0.4) is 0 Å². The number of hydrazine groups is 1. The lowest BCUT2D eigenvalue weighted by Crippen LogP contribution is -2.39. The maximum Gasteiger partial charge on any atom is 0.256 e. The Bertz CT molecular complexity index is 448. The zero-order valence-electron chi connectivity index (χ0n) is 7.83. The van der Waals surface area contributed by atoms with E-state index in [4.69, 9.17) is 4.84 Å². The van der Waals surface area contributed by atoms with Gasteiger partial charge in [0.25, 0.3) is 10.0 Å². The van der Waals surface area contributed by atoms with Crippen LogP contribution in [0.5, 0.6) is 0 Å². The van der Waals surface area contributed by atoms with Gasteiger partial charge in [0.05, 0.1) is 11.4 Å². The summed E-state index contributed by atoms with van der Waals surface area (Å²) < 4.78 is 23.5. The second-order valence-corrected chi connectivity index (χ2v) is 4.61. The number of hydrogen-bond donors (Lipinski definition) is 1. The molecule has 2 rings (SSSR count). The zero-order chi connectivity index (χ0) is 10.7. The van der Waals surface area contributed by atoms with E-state index >= 15 is 0 Å². The smallest absolute Gasteiger partial charge is 0.256 e. The predicted octanol–water partition coefficient (Wildman–Crippen LogP) is 0.641. The standard InChI is InChI=1S/C9H10N2O3S/c12-15(13,9-5-2-1-3-6-9)10-11-7-4-8-14-11/h1-6,8,10H,7H2. The molecule has 1 heterocycles. The molecule has 0 unspecified atom stereocenters. The number of rotatable bonds is 3. The lowest BCUT2D eigenvalue weighted by atomic mass is 10.4. The predicted molar refractivity (Wildman–Crippen MR) is 53.7 cm³/mol. The second-order valence-electron chi connectivity index (χ2n) is 2.95. The average Bonchev–Trinajstić information content (AvgIpc) is 2.71. The minimum atomic E-state index is -3.53. The average molecular weight is 226 g/mol. The molecule has 0 atom stereocenters. The van der Waals surface area contributed by atoms with Gasteiger partial charge in [0.15, 0.2) is 0 Å². The van der Waals surface area contributed by atoms with Crippen LogP contribution in [0.2, 0.25) is 0 Å². The summed E-state index contributed by atoms with van der Waals surface area (Å²) in [6.07, 6.45) is 3.13. The van der Waals surface area contributed by atoms with Crippen LogP contribution in [0.4, 0.5) is 0 Å². The van der Waals surface area contributed by atoms with Crippen molar-refractivity contribution in [2.75, 3.05) is 6.54 Å². The maximum absolute atomic E-state index is 11.7. The van der Waals surface area contributed by atoms with Gasteiger partial charge in [0, 0.05) is 0 Å². The molecule has 1 N–H and O–H groups in total. The summed E-state index contributed by atoms with van der Waals surface area (Å²) in [5.74, 6) is 0. The number of sulfonamides is 1. The molecular weight excluding hydrogens is 216 g/mol. The summed E-state index contributed by atoms with van der Waals surface area (Å²) in [4.78, 5) is 7.37. The van der Waals surface area contributed by atoms with Crippen LogP contribution in [0, 0.1) is 0 Å². The van der Waals surface area contributed by atoms with E-state index in [1.807, 2.05) is 0 Å². The minimum Gasteiger partial charge on any atom is -0.398 e. The summed E-state index contributed by atoms with van der Waals surface area (Å²) in [5, 5.41) is 1.14. The van der Waals surface area contributed by atoms with Crippen molar-refractivity contribution in [1.82, 2.24) is 10.0 Å². The van der Waals surface area contributed by atoms with Gasteiger partial charge in [-0.2, -0.15) is 0 Å². The van der Waals surface area contributed by atoms with Crippen LogP contribution in [-0.2, 0) is 14.9 Å². The Morgan fingerprint density at radius 3 is 2.60 bits per heavy atom. The number of hydroxylamine groups is 1. The first-order chi connectivity index (χ1) is 7.18. The molecule has 1 aliphatic rings. The third kappa shape index (κ3) is 2.35. The molecule has 0 spiro atoms. The topological polar surface area (TPSA) is 58.6 Å². The van der Waals surface area contributed by atoms with Crippen LogP contribution in [0.25, 0.3) is 0 Å². The molecule has 0 radical (unpaired) electrons. The van der Waals surface area contributed by atoms with Gasteiger partial charge in [0.2, 0.25) is 0 Å². The van der Waals surface area contributed by atoms with Gasteiger partial charge in [-0.25, -0.2) is 8.42 Å². The molecule has 15 heavy (non-hydrogen) atoms. The first-order valence-corrected chi connectivity index (χ1v) is 5.84. The summed E-state index contributed by atoms with van der Waals surface area (Å²) >= 11 is 0. The molecule has 0 fully saturated rings. The van der Waals surface area contributed by atoms with E-state index in [1.165, 1.54) is 18.4 Å². The number of nitrogens with zero attached hydrogens (tertiary/aromatic N) is 1. The Morgan fingerprint density at radius 2 is 2.00 bits per heavy atom. The van der Waals surface area contributed by atoms with Crippen LogP contribution in [-0.4, -0.2) is 20.1 Å². The molecular formula is C9H10N2O3S. The lowest BCUT2D eigenvalue weighted by Gasteiger charge is -2.15. The van der Waals surface area contributed by atoms with Crippen molar-refractivity contribution in [1.29, 1.82) is 0 Å². The van der Waals surface area contributed by atoms with Crippen molar-refractivity contribution < 1.29 is 13.3 Å². The van der Waals surface area contributed by atoms with Crippen LogP contribution >= 0.6 is 0 Å². The van der Waals surface area contributed by atoms with E-state index < -0.39 is 10.0 Å². The number of nitrogens with one attached hydrogen (secondary N) is 1. The lowest BCUT2D eigenvalue weighted by molar-refractivity contribution is -0.0968. The Labute approximate surface area is 87.9 Å². The fourth-order valence-corrected chi connectivity index (χ4v) is 2.15. The largest absolute Gasteiger partial charge is 0.398 e. The van der Waals surface area contributed by atoms with Crippen molar-refractivity contribution in [2.45, 2.75) is 4.90 Å². The normalized spacial score (nSPS) is 16.5. The summed E-state index contributed by atoms with van der Waals surface area (Å²) in [6.45, 7) is 0.395. The summed E-state index contributed by atoms with van der Waals surface area (Å²) in [6, 6.07) is 8.12. The van der Waals surface area contributed by atoms with Gasteiger partial charge in [-0.05, 0) is 18.2 Å². The van der Waals surface area contributed by atoms with Gasteiger partial charge in [-0.1, -0.05) is 23.4 Å². The van der Waals surface area contributed by atoms with E-state index in [2.05, 4.69) is 4.83 Å². The number of hydrogen-bond acceptors (Lipinski definition) is 4. The highest BCUT2D eigenvalue weighted by Gasteiger charge is 2.19. The maximum atomic E-state index is 11.7. The van der Waals surface area contributed by atoms with Gasteiger partial charge in [0.1, 0.15) is 6.26 Å². The Kier molecular flexibility index (Phi) is 2.72. The highest BCUT2D eigenvalue weighted by atomic mass is 32.2. The molecule has 1 aromatic carbocycles. The van der Waals surface area contributed by atoms with Gasteiger partial charge >= 0.3 is 0 Å². The number of benzene rings is 1. The Morgan fingerprint density at radius 1 is 1.27 bits per heavy atom. The second kappa shape index (κ2) is 4.01. The third-order valence-electron chi connectivity index (χ3n) is 1.83. The van der Waals surface area contributed by atoms with Crippen LogP contribution in [0.1, 0.15) is 0 Å². The fourth-order valence-electron chi connectivity index (χ4n) is 1.14. The highest BCUT2D eigenvalue weighted by Crippen LogP contribution is 2.09. The molecule has 1 aromatic rings. The molecule has 0 bridgehead atoms. The molecule has 0 aromatic heterocycles. The quantitative estimate of drug-likeness (QED) is 0.821. The third-order valence-corrected chi connectivity index (χ3v) is 3.17. The summed E-state index contributed by atoms with van der Waals surface area (Å²) in [7, 11) is -3.53. The SMILES string of the molecule is O=S(=O)(NN1CC=CO1)c1ccccc1. The Balaban J connectivity index is 2.14. The molecule has 0 saturated carbocycles. The van der Waals surface area contributed by atoms with E-state index in [9.17, 15) is 8.42 Å². The first kappa shape index (κ1) is 10.2. The van der Waals surface area contributed by atoms with Crippen molar-refractivity contribution in [3.8, 4) is 0 Å². The van der Waals surface area contributed by atoms with E-state index in [1.54, 1.807) is 24.3 Å². The fraction of sp³-hybridized carbons (Fsp3) is 0.111. The highest BCUT2D eigenvalue weighted by molar-refractivity contribution is 7.89. The van der Waals surface area contributed by atoms with Gasteiger partial charge in [-0.3, -0.25) is 0 Å². The monoisotopic (exact) mass is 226 g/mol. The van der Waals surface area contributed by atoms with Crippen molar-refractivity contribution >= 4 is 10.0 Å². The van der Waals surface area contributed by atoms with Crippen LogP contribution < -0.4 is 4.83 Å². The zero-order valence-corrected chi connectivity index (χ0v) is 8.65. The van der Waals surface area contributed by atoms with Crippen molar-refractivity contribution in [3.63, 3.8) is 0 Å². The molecule has 0 amide bonds. The van der Waals surface area contributed by atoms with Crippen LogP contribution in [0.15, 0.2) is 47.6 Å². The minimum absolute atomic E-state index is 0.209. The molecule has 6 heteroatoms. The van der Waals surface area contributed by atoms with Crippen molar-refractivity contribution in [2.24, 2.45) is 0 Å². The van der Waals surface area contributed by atoms with Gasteiger partial charge in [-0.15, -0.1) is 4.83 Å². The molecule has 80 valence electrons. The van der Waals surface area contributed by atoms with Crippen molar-refractivity contribution in [3.05, 3.63) is 42.7 Å². The van der Waals surface area contributed by atoms with E-state index in [0.29, 0.717) is 6.54 Å². The van der Waals surface area contributed by atoms with Gasteiger partial charge < -0.3 is 4.84 Å². The molecule has 0 aliphatic carbocycles. The summed E-state index contributed by atoms with van der Waals surface area (Å²) in [5.41, 5.74) is 0. The van der Waals surface area contributed by atoms with E-state index in [-0.39, 0.29) is 4.90 Å². The molecule has 1 aliphatic heterocycles. The van der Waals surface area contributed by atoms with E-state index in [0.717, 1.165) is 5.17 Å². The molecule has 5 nitrogen and oxygen atoms in total. The Hall–Kier alpha value is -1.37.